The van der Waals surface area contributed by atoms with Crippen molar-refractivity contribution < 1.29 is 13.5 Å². The summed E-state index contributed by atoms with van der Waals surface area (Å²) in [5.41, 5.74) is 10.4. The molecule has 4 aromatic heterocycles. The predicted molar refractivity (Wildman–Crippen MR) is 188 cm³/mol. The van der Waals surface area contributed by atoms with Gasteiger partial charge >= 0.3 is 0 Å². The third-order valence-corrected chi connectivity index (χ3v) is 8.54. The molecule has 0 fully saturated rings. The van der Waals surface area contributed by atoms with Gasteiger partial charge in [0.15, 0.2) is 6.23 Å². The zero-order chi connectivity index (χ0) is 34.9. The fourth-order valence-corrected chi connectivity index (χ4v) is 5.95. The minimum absolute atomic E-state index is 0.0136. The number of nitrogens with zero attached hydrogens (tertiary/aromatic N) is 6. The van der Waals surface area contributed by atoms with Crippen LogP contribution >= 0.6 is 0 Å². The molecule has 0 aliphatic heterocycles. The van der Waals surface area contributed by atoms with Gasteiger partial charge in [-0.05, 0) is 49.6 Å². The molecule has 248 valence electrons. The van der Waals surface area contributed by atoms with Crippen molar-refractivity contribution in [3.63, 3.8) is 0 Å². The number of hydrogen-bond acceptors (Lipinski definition) is 10. The highest BCUT2D eigenvalue weighted by molar-refractivity contribution is 7.92. The molecular weight excluding hydrogens is 643 g/mol. The lowest BCUT2D eigenvalue weighted by Gasteiger charge is -2.24. The maximum Gasteiger partial charge on any atom is 0.264 e. The van der Waals surface area contributed by atoms with Gasteiger partial charge in [0, 0.05) is 41.8 Å². The summed E-state index contributed by atoms with van der Waals surface area (Å²) in [5.74, 6) is 6.33. The molecule has 6 aromatic rings. The number of aliphatic hydroxyl groups is 1. The highest BCUT2D eigenvalue weighted by atomic mass is 32.2. The minimum Gasteiger partial charge on any atom is -0.382 e. The number of pyridine rings is 2. The summed E-state index contributed by atoms with van der Waals surface area (Å²) in [6.07, 6.45) is 5.59. The number of aryl methyl sites for hydroxylation is 1. The molecule has 0 amide bonds. The van der Waals surface area contributed by atoms with Gasteiger partial charge in [0.05, 0.1) is 52.9 Å². The number of nitrogens with two attached hydrogens (primary N) is 1. The Morgan fingerprint density at radius 3 is 2.45 bits per heavy atom. The molecule has 6 rings (SSSR count). The number of anilines is 2. The second kappa shape index (κ2) is 13.3. The minimum atomic E-state index is -3.53. The Balaban J connectivity index is 1.39. The topological polar surface area (TPSA) is 183 Å². The summed E-state index contributed by atoms with van der Waals surface area (Å²) in [6, 6.07) is 17.6. The van der Waals surface area contributed by atoms with Crippen molar-refractivity contribution in [2.24, 2.45) is 7.05 Å². The maximum absolute atomic E-state index is 14.4. The van der Waals surface area contributed by atoms with Crippen LogP contribution in [0, 0.1) is 18.8 Å². The fourth-order valence-electron chi connectivity index (χ4n) is 5.41. The zero-order valence-electron chi connectivity index (χ0n) is 27.1. The molecule has 0 saturated carbocycles. The summed E-state index contributed by atoms with van der Waals surface area (Å²) >= 11 is 0. The Bertz CT molecular complexity index is 2430. The Kier molecular flexibility index (Phi) is 8.98. The summed E-state index contributed by atoms with van der Waals surface area (Å²) < 4.78 is 29.2. The molecule has 0 spiro atoms. The van der Waals surface area contributed by atoms with E-state index in [-0.39, 0.29) is 22.8 Å². The van der Waals surface area contributed by atoms with Gasteiger partial charge in [0.2, 0.25) is 10.0 Å². The van der Waals surface area contributed by atoms with Crippen LogP contribution in [0.25, 0.3) is 27.7 Å². The van der Waals surface area contributed by atoms with Crippen molar-refractivity contribution in [3.05, 3.63) is 124 Å². The van der Waals surface area contributed by atoms with E-state index >= 15 is 0 Å². The van der Waals surface area contributed by atoms with Crippen LogP contribution in [0.4, 0.5) is 11.5 Å². The molecule has 0 bridgehead atoms. The van der Waals surface area contributed by atoms with E-state index in [0.717, 1.165) is 17.5 Å². The number of benzene rings is 2. The van der Waals surface area contributed by atoms with Crippen molar-refractivity contribution >= 4 is 32.3 Å². The van der Waals surface area contributed by atoms with E-state index < -0.39 is 22.3 Å². The van der Waals surface area contributed by atoms with Crippen molar-refractivity contribution in [1.29, 1.82) is 0 Å². The van der Waals surface area contributed by atoms with Crippen molar-refractivity contribution in [2.75, 3.05) is 16.7 Å². The number of rotatable bonds is 8. The van der Waals surface area contributed by atoms with Crippen LogP contribution in [0.2, 0.25) is 0 Å². The summed E-state index contributed by atoms with van der Waals surface area (Å²) in [4.78, 5) is 27.2. The second-order valence-corrected chi connectivity index (χ2v) is 13.2. The first-order valence-electron chi connectivity index (χ1n) is 15.1. The number of nitrogens with one attached hydrogen (secondary N) is 2. The number of aliphatic hydroxyl groups excluding tert-OH is 1. The lowest BCUT2D eigenvalue weighted by atomic mass is 10.0. The molecule has 0 radical (unpaired) electrons. The van der Waals surface area contributed by atoms with Gasteiger partial charge in [0.1, 0.15) is 11.5 Å². The third kappa shape index (κ3) is 7.04. The van der Waals surface area contributed by atoms with E-state index in [1.54, 1.807) is 21.5 Å². The lowest BCUT2D eigenvalue weighted by molar-refractivity contribution is 0.121. The van der Waals surface area contributed by atoms with Crippen LogP contribution in [0.5, 0.6) is 0 Å². The Morgan fingerprint density at radius 2 is 1.73 bits per heavy atom. The third-order valence-electron chi connectivity index (χ3n) is 7.93. The highest BCUT2D eigenvalue weighted by Gasteiger charge is 2.23. The van der Waals surface area contributed by atoms with E-state index in [1.165, 1.54) is 18.6 Å². The smallest absolute Gasteiger partial charge is 0.264 e. The van der Waals surface area contributed by atoms with Crippen LogP contribution in [0.15, 0.2) is 90.2 Å². The average molecular weight is 676 g/mol. The van der Waals surface area contributed by atoms with Gasteiger partial charge in [-0.3, -0.25) is 29.1 Å². The average Bonchev–Trinajstić information content (AvgIpc) is 3.39. The van der Waals surface area contributed by atoms with Crippen molar-refractivity contribution in [1.82, 2.24) is 34.6 Å². The van der Waals surface area contributed by atoms with Crippen LogP contribution in [0.3, 0.4) is 0 Å². The summed E-state index contributed by atoms with van der Waals surface area (Å²) in [5, 5.41) is 19.9. The molecule has 0 aliphatic rings. The number of sulfonamides is 1. The summed E-state index contributed by atoms with van der Waals surface area (Å²) in [6.45, 7) is 3.75. The SMILES string of the molecule is Cc1c(C#Cc2cccc3cc(C(C)NC(O)c4nc(-c5cncc(NS(C)(=O)=O)c5)cnc4N)n(-c4ccccc4)c(=O)c23)cnn1C. The predicted octanol–water partition coefficient (Wildman–Crippen LogP) is 3.58. The van der Waals surface area contributed by atoms with Crippen molar-refractivity contribution in [3.8, 4) is 28.8 Å². The number of fused-ring (bicyclic) bond motifs is 1. The van der Waals surface area contributed by atoms with E-state index in [9.17, 15) is 18.3 Å². The van der Waals surface area contributed by atoms with Crippen LogP contribution < -0.4 is 21.3 Å². The van der Waals surface area contributed by atoms with Crippen LogP contribution in [-0.2, 0) is 17.1 Å². The van der Waals surface area contributed by atoms with Gasteiger partial charge in [-0.1, -0.05) is 42.2 Å². The molecule has 2 aromatic carbocycles. The largest absolute Gasteiger partial charge is 0.382 e. The first kappa shape index (κ1) is 33.0. The zero-order valence-corrected chi connectivity index (χ0v) is 27.9. The Hall–Kier alpha value is -5.88. The van der Waals surface area contributed by atoms with E-state index in [4.69, 9.17) is 5.73 Å². The normalized spacial score (nSPS) is 12.7. The van der Waals surface area contributed by atoms with E-state index in [2.05, 4.69) is 41.9 Å². The Labute approximate surface area is 282 Å². The first-order chi connectivity index (χ1) is 23.4. The van der Waals surface area contributed by atoms with Gasteiger partial charge < -0.3 is 10.8 Å². The molecule has 4 heterocycles. The monoisotopic (exact) mass is 675 g/mol. The molecule has 0 saturated heterocycles. The molecule has 2 atom stereocenters. The number of hydrogen-bond donors (Lipinski definition) is 4. The molecule has 13 nitrogen and oxygen atoms in total. The molecule has 0 aliphatic carbocycles. The first-order valence-corrected chi connectivity index (χ1v) is 17.0. The molecule has 5 N–H and O–H groups in total. The van der Waals surface area contributed by atoms with Gasteiger partial charge in [0.25, 0.3) is 5.56 Å². The van der Waals surface area contributed by atoms with Crippen LogP contribution in [-0.4, -0.2) is 49.1 Å². The molecule has 14 heteroatoms. The van der Waals surface area contributed by atoms with Gasteiger partial charge in [-0.2, -0.15) is 5.10 Å². The fraction of sp³-hybridized carbons (Fsp3) is 0.171. The van der Waals surface area contributed by atoms with E-state index in [1.807, 2.05) is 75.5 Å². The molecular formula is C35H33N9O4S. The quantitative estimate of drug-likeness (QED) is 0.137. The Morgan fingerprint density at radius 1 is 0.980 bits per heavy atom. The molecule has 49 heavy (non-hydrogen) atoms. The molecule has 2 unspecified atom stereocenters. The standard InChI is InChI=1S/C35H33N9O4S/c1-21(40-34(45)32-33(36)38-20-29(41-32)26-15-27(19-37-17-26)42-49(4,47)48)30-16-24-10-8-9-23(13-14-25-18-39-43(3)22(25)2)31(24)35(46)44(30)28-11-6-5-7-12-28/h5-12,15-21,34,40,42,45H,1-4H3,(H2,36,38). The second-order valence-electron chi connectivity index (χ2n) is 11.5. The summed E-state index contributed by atoms with van der Waals surface area (Å²) in [7, 11) is -1.69. The van der Waals surface area contributed by atoms with Crippen LogP contribution in [0.1, 0.15) is 47.4 Å². The maximum atomic E-state index is 14.4. The number of nitrogen functional groups attached to an aromatic ring is 1. The lowest BCUT2D eigenvalue weighted by Crippen LogP contribution is -2.31. The van der Waals surface area contributed by atoms with E-state index in [0.29, 0.717) is 39.0 Å². The van der Waals surface area contributed by atoms with Gasteiger partial charge in [-0.25, -0.2) is 18.4 Å². The van der Waals surface area contributed by atoms with Crippen molar-refractivity contribution in [2.45, 2.75) is 26.1 Å². The number of aromatic nitrogens is 6. The van der Waals surface area contributed by atoms with Gasteiger partial charge in [-0.15, -0.1) is 0 Å². The highest BCUT2D eigenvalue weighted by Crippen LogP contribution is 2.27. The number of para-hydroxylation sites is 1.